The van der Waals surface area contributed by atoms with Gasteiger partial charge >= 0.3 is 5.97 Å². The van der Waals surface area contributed by atoms with Gasteiger partial charge in [0.2, 0.25) is 0 Å². The molecule has 2 fully saturated rings. The zero-order chi connectivity index (χ0) is 22.4. The molecular weight excluding hydrogens is 390 g/mol. The third kappa shape index (κ3) is 3.83. The van der Waals surface area contributed by atoms with Crippen LogP contribution < -0.4 is 9.96 Å². The number of carbonyl (C=O) groups is 1. The Balaban J connectivity index is 1.58. The number of hydrogen-bond acceptors (Lipinski definition) is 5. The summed E-state index contributed by atoms with van der Waals surface area (Å²) in [7, 11) is 0. The number of esters is 1. The van der Waals surface area contributed by atoms with E-state index in [4.69, 9.17) is 9.94 Å². The minimum atomic E-state index is -0.536. The molecule has 0 bridgehead atoms. The van der Waals surface area contributed by atoms with Gasteiger partial charge in [0.15, 0.2) is 0 Å². The summed E-state index contributed by atoms with van der Waals surface area (Å²) >= 11 is 0. The Morgan fingerprint density at radius 3 is 2.55 bits per heavy atom. The van der Waals surface area contributed by atoms with E-state index in [1.54, 1.807) is 23.3 Å². The van der Waals surface area contributed by atoms with Gasteiger partial charge in [-0.15, -0.1) is 0 Å². The topological polar surface area (TPSA) is 72.8 Å². The zero-order valence-electron chi connectivity index (χ0n) is 19.1. The van der Waals surface area contributed by atoms with Crippen LogP contribution in [-0.2, 0) is 4.79 Å². The highest BCUT2D eigenvalue weighted by atomic mass is 16.8. The molecule has 0 amide bonds. The molecule has 4 unspecified atom stereocenters. The zero-order valence-corrected chi connectivity index (χ0v) is 19.1. The van der Waals surface area contributed by atoms with Crippen LogP contribution in [0.15, 0.2) is 47.1 Å². The molecule has 168 valence electrons. The van der Waals surface area contributed by atoms with Crippen LogP contribution in [0.1, 0.15) is 72.6 Å². The highest BCUT2D eigenvalue weighted by Gasteiger charge is 2.57. The second kappa shape index (κ2) is 8.10. The van der Waals surface area contributed by atoms with Crippen LogP contribution in [-0.4, -0.2) is 11.2 Å². The Kier molecular flexibility index (Phi) is 5.78. The maximum absolute atomic E-state index is 13.4. The first kappa shape index (κ1) is 22.1. The normalized spacial score (nSPS) is 32.5. The van der Waals surface area contributed by atoms with Gasteiger partial charge in [0.05, 0.1) is 11.1 Å². The number of fused-ring (bicyclic) bond motifs is 3. The number of anilines is 1. The number of carbonyl (C=O) groups excluding carboxylic acids is 1. The summed E-state index contributed by atoms with van der Waals surface area (Å²) in [5.41, 5.74) is 4.32. The van der Waals surface area contributed by atoms with Crippen LogP contribution in [0.3, 0.4) is 0 Å². The van der Waals surface area contributed by atoms with Gasteiger partial charge in [-0.2, -0.15) is 0 Å². The van der Waals surface area contributed by atoms with Crippen molar-refractivity contribution in [3.63, 3.8) is 0 Å². The highest BCUT2D eigenvalue weighted by molar-refractivity contribution is 5.79. The summed E-state index contributed by atoms with van der Waals surface area (Å²) in [6.07, 6.45) is 9.84. The van der Waals surface area contributed by atoms with Gasteiger partial charge in [-0.05, 0) is 101 Å². The molecule has 1 N–H and O–H groups in total. The van der Waals surface area contributed by atoms with E-state index >= 15 is 0 Å². The largest absolute Gasteiger partial charge is 0.733 e. The van der Waals surface area contributed by atoms with Crippen molar-refractivity contribution in [3.8, 4) is 5.75 Å². The van der Waals surface area contributed by atoms with Crippen molar-refractivity contribution in [2.24, 2.45) is 22.7 Å². The van der Waals surface area contributed by atoms with Crippen molar-refractivity contribution in [2.75, 3.05) is 5.23 Å². The molecule has 4 atom stereocenters. The molecule has 1 aromatic rings. The minimum Gasteiger partial charge on any atom is -0.733 e. The van der Waals surface area contributed by atoms with Gasteiger partial charge in [-0.1, -0.05) is 36.1 Å². The summed E-state index contributed by atoms with van der Waals surface area (Å²) in [4.78, 5) is 13.4. The highest BCUT2D eigenvalue weighted by Crippen LogP contribution is 2.62. The van der Waals surface area contributed by atoms with Gasteiger partial charge < -0.3 is 15.2 Å². The fourth-order valence-corrected chi connectivity index (χ4v) is 6.59. The SMILES string of the molecule is CC(C)=C1CCC2C(=CCC3C(C)(C(=O)Oc4ccc(N([O-])O)cc4)CCCC23C)C1. The number of hydrogen-bond donors (Lipinski definition) is 1. The Bertz CT molecular complexity index is 912. The lowest BCUT2D eigenvalue weighted by molar-refractivity contribution is -0.159. The van der Waals surface area contributed by atoms with Gasteiger partial charge in [0.25, 0.3) is 0 Å². The lowest BCUT2D eigenvalue weighted by Gasteiger charge is -2.57. The lowest BCUT2D eigenvalue weighted by atomic mass is 9.46. The molecule has 0 spiro atoms. The fraction of sp³-hybridized carbons (Fsp3) is 0.577. The lowest BCUT2D eigenvalue weighted by Crippen LogP contribution is -2.54. The number of allylic oxidation sites excluding steroid dienone is 4. The molecule has 0 aliphatic heterocycles. The van der Waals surface area contributed by atoms with E-state index in [1.165, 1.54) is 30.5 Å². The number of ether oxygens (including phenoxy) is 1. The van der Waals surface area contributed by atoms with Gasteiger partial charge in [-0.3, -0.25) is 10.0 Å². The quantitative estimate of drug-likeness (QED) is 0.257. The average molecular weight is 425 g/mol. The number of rotatable bonds is 3. The first-order valence-electron chi connectivity index (χ1n) is 11.5. The molecule has 3 aliphatic carbocycles. The van der Waals surface area contributed by atoms with Crippen LogP contribution in [0.2, 0.25) is 0 Å². The average Bonchev–Trinajstić information content (AvgIpc) is 2.73. The standard InChI is InChI=1S/C26H34NO4/c1-17(2)18-6-12-22-19(16-18)7-13-23-25(22,3)14-5-15-26(23,4)24(28)31-21-10-8-20(9-11-21)27(29)30/h7-11,22-23,29H,5-6,12-16H2,1-4H3/q-1. The summed E-state index contributed by atoms with van der Waals surface area (Å²) < 4.78 is 5.80. The molecule has 31 heavy (non-hydrogen) atoms. The summed E-state index contributed by atoms with van der Waals surface area (Å²) in [5, 5.41) is 19.8. The fourth-order valence-electron chi connectivity index (χ4n) is 6.59. The Morgan fingerprint density at radius 2 is 1.90 bits per heavy atom. The van der Waals surface area contributed by atoms with E-state index in [1.807, 2.05) is 0 Å². The van der Waals surface area contributed by atoms with E-state index in [0.717, 1.165) is 32.1 Å². The van der Waals surface area contributed by atoms with Crippen molar-refractivity contribution in [2.45, 2.75) is 72.6 Å². The molecule has 0 radical (unpaired) electrons. The van der Waals surface area contributed by atoms with Gasteiger partial charge in [-0.25, -0.2) is 0 Å². The Labute approximate surface area is 185 Å². The van der Waals surface area contributed by atoms with E-state index in [2.05, 4.69) is 33.8 Å². The van der Waals surface area contributed by atoms with Crippen molar-refractivity contribution < 1.29 is 14.7 Å². The molecular formula is C26H34NO4-. The van der Waals surface area contributed by atoms with Crippen LogP contribution in [0.4, 0.5) is 5.69 Å². The molecule has 3 aliphatic rings. The predicted octanol–water partition coefficient (Wildman–Crippen LogP) is 6.56. The molecule has 0 heterocycles. The van der Waals surface area contributed by atoms with Crippen molar-refractivity contribution in [3.05, 3.63) is 52.3 Å². The van der Waals surface area contributed by atoms with Crippen LogP contribution in [0, 0.1) is 27.9 Å². The van der Waals surface area contributed by atoms with E-state index in [9.17, 15) is 10.0 Å². The van der Waals surface area contributed by atoms with Crippen LogP contribution >= 0.6 is 0 Å². The molecule has 4 rings (SSSR count). The number of nitrogens with zero attached hydrogens (tertiary/aromatic N) is 1. The van der Waals surface area contributed by atoms with Gasteiger partial charge in [0.1, 0.15) is 5.75 Å². The Hall–Kier alpha value is -2.11. The van der Waals surface area contributed by atoms with Crippen molar-refractivity contribution >= 4 is 11.7 Å². The van der Waals surface area contributed by atoms with E-state index < -0.39 is 5.41 Å². The predicted molar refractivity (Wildman–Crippen MR) is 122 cm³/mol. The number of benzene rings is 1. The maximum atomic E-state index is 13.4. The maximum Gasteiger partial charge on any atom is 0.317 e. The Morgan fingerprint density at radius 1 is 1.19 bits per heavy atom. The molecule has 5 nitrogen and oxygen atoms in total. The van der Waals surface area contributed by atoms with Crippen LogP contribution in [0.25, 0.3) is 0 Å². The summed E-state index contributed by atoms with van der Waals surface area (Å²) in [6.45, 7) is 8.94. The molecule has 2 saturated carbocycles. The second-order valence-electron chi connectivity index (χ2n) is 10.4. The first-order chi connectivity index (χ1) is 14.6. The third-order valence-corrected chi connectivity index (χ3v) is 8.43. The minimum absolute atomic E-state index is 0.106. The summed E-state index contributed by atoms with van der Waals surface area (Å²) in [5.74, 6) is 1.03. The van der Waals surface area contributed by atoms with Crippen LogP contribution in [0.5, 0.6) is 5.75 Å². The summed E-state index contributed by atoms with van der Waals surface area (Å²) in [6, 6.07) is 6.00. The first-order valence-corrected chi connectivity index (χ1v) is 11.5. The molecule has 5 heteroatoms. The smallest absolute Gasteiger partial charge is 0.317 e. The van der Waals surface area contributed by atoms with Crippen molar-refractivity contribution in [1.29, 1.82) is 0 Å². The molecule has 0 aromatic heterocycles. The monoisotopic (exact) mass is 424 g/mol. The second-order valence-corrected chi connectivity index (χ2v) is 10.4. The van der Waals surface area contributed by atoms with Gasteiger partial charge in [0, 0.05) is 0 Å². The molecule has 1 aromatic carbocycles. The van der Waals surface area contributed by atoms with E-state index in [-0.39, 0.29) is 28.2 Å². The third-order valence-electron chi connectivity index (χ3n) is 8.43. The van der Waals surface area contributed by atoms with E-state index in [0.29, 0.717) is 11.7 Å². The molecule has 0 saturated heterocycles. The van der Waals surface area contributed by atoms with Crippen molar-refractivity contribution in [1.82, 2.24) is 0 Å².